The summed E-state index contributed by atoms with van der Waals surface area (Å²) < 4.78 is 5.49. The summed E-state index contributed by atoms with van der Waals surface area (Å²) in [6, 6.07) is 8.61. The molecule has 5 heteroatoms. The molecule has 1 unspecified atom stereocenters. The van der Waals surface area contributed by atoms with Crippen LogP contribution in [0.4, 0.5) is 0 Å². The molecule has 5 nitrogen and oxygen atoms in total. The molecular formula is C15H12O5. The lowest BCUT2D eigenvalue weighted by Gasteiger charge is -2.24. The van der Waals surface area contributed by atoms with Crippen molar-refractivity contribution in [3.63, 3.8) is 0 Å². The van der Waals surface area contributed by atoms with E-state index >= 15 is 0 Å². The first-order valence-electron chi connectivity index (χ1n) is 6.08. The van der Waals surface area contributed by atoms with Crippen molar-refractivity contribution in [1.29, 1.82) is 0 Å². The molecule has 0 fully saturated rings. The van der Waals surface area contributed by atoms with E-state index in [2.05, 4.69) is 0 Å². The predicted molar refractivity (Wildman–Crippen MR) is 70.4 cm³/mol. The van der Waals surface area contributed by atoms with Gasteiger partial charge in [0.2, 0.25) is 0 Å². The number of hydrogen-bond acceptors (Lipinski definition) is 5. The third-order valence-electron chi connectivity index (χ3n) is 3.35. The van der Waals surface area contributed by atoms with Gasteiger partial charge in [-0.2, -0.15) is 0 Å². The number of ether oxygens (including phenoxy) is 1. The van der Waals surface area contributed by atoms with Gasteiger partial charge in [0.05, 0.1) is 11.5 Å². The topological polar surface area (TPSA) is 87.0 Å². The zero-order chi connectivity index (χ0) is 14.3. The molecule has 2 aromatic rings. The van der Waals surface area contributed by atoms with Crippen LogP contribution >= 0.6 is 0 Å². The SMILES string of the molecule is O=C1c2ccc(O)cc2OCC1c1ccc(O)c(O)c1. The Morgan fingerprint density at radius 1 is 1.00 bits per heavy atom. The van der Waals surface area contributed by atoms with E-state index in [4.69, 9.17) is 4.74 Å². The number of rotatable bonds is 1. The number of phenols is 3. The average molecular weight is 272 g/mol. The largest absolute Gasteiger partial charge is 0.508 e. The summed E-state index contributed by atoms with van der Waals surface area (Å²) in [4.78, 5) is 12.4. The molecular weight excluding hydrogens is 260 g/mol. The summed E-state index contributed by atoms with van der Waals surface area (Å²) in [7, 11) is 0. The van der Waals surface area contributed by atoms with Crippen molar-refractivity contribution in [3.8, 4) is 23.0 Å². The number of carbonyl (C=O) groups is 1. The van der Waals surface area contributed by atoms with E-state index in [1.807, 2.05) is 0 Å². The fourth-order valence-electron chi connectivity index (χ4n) is 2.28. The first-order chi connectivity index (χ1) is 9.56. The second-order valence-corrected chi connectivity index (χ2v) is 4.66. The first-order valence-corrected chi connectivity index (χ1v) is 6.08. The predicted octanol–water partition coefficient (Wildman–Crippen LogP) is 2.16. The maximum absolute atomic E-state index is 12.4. The van der Waals surface area contributed by atoms with Crippen LogP contribution in [0.15, 0.2) is 36.4 Å². The lowest BCUT2D eigenvalue weighted by Crippen LogP contribution is -2.25. The van der Waals surface area contributed by atoms with Crippen molar-refractivity contribution in [2.45, 2.75) is 5.92 Å². The van der Waals surface area contributed by atoms with E-state index in [9.17, 15) is 20.1 Å². The van der Waals surface area contributed by atoms with Gasteiger partial charge < -0.3 is 20.1 Å². The molecule has 0 aliphatic carbocycles. The van der Waals surface area contributed by atoms with E-state index < -0.39 is 5.92 Å². The number of benzene rings is 2. The van der Waals surface area contributed by atoms with Crippen molar-refractivity contribution in [3.05, 3.63) is 47.5 Å². The van der Waals surface area contributed by atoms with Crippen LogP contribution in [0.2, 0.25) is 0 Å². The normalized spacial score (nSPS) is 17.4. The van der Waals surface area contributed by atoms with Crippen LogP contribution in [-0.2, 0) is 0 Å². The quantitative estimate of drug-likeness (QED) is 0.692. The number of aromatic hydroxyl groups is 3. The summed E-state index contributed by atoms with van der Waals surface area (Å²) in [5.74, 6) is -0.795. The molecule has 0 saturated carbocycles. The van der Waals surface area contributed by atoms with Crippen LogP contribution < -0.4 is 4.74 Å². The van der Waals surface area contributed by atoms with Gasteiger partial charge >= 0.3 is 0 Å². The highest BCUT2D eigenvalue weighted by molar-refractivity contribution is 6.04. The van der Waals surface area contributed by atoms with Crippen molar-refractivity contribution >= 4 is 5.78 Å². The third-order valence-corrected chi connectivity index (χ3v) is 3.35. The van der Waals surface area contributed by atoms with Gasteiger partial charge in [-0.25, -0.2) is 0 Å². The minimum atomic E-state index is -0.543. The minimum Gasteiger partial charge on any atom is -0.508 e. The molecule has 3 N–H and O–H groups in total. The fraction of sp³-hybridized carbons (Fsp3) is 0.133. The number of hydrogen-bond donors (Lipinski definition) is 3. The number of fused-ring (bicyclic) bond motifs is 1. The minimum absolute atomic E-state index is 0.0391. The van der Waals surface area contributed by atoms with Crippen LogP contribution in [0.5, 0.6) is 23.0 Å². The van der Waals surface area contributed by atoms with Crippen LogP contribution in [0, 0.1) is 0 Å². The Labute approximate surface area is 114 Å². The van der Waals surface area contributed by atoms with Crippen LogP contribution in [-0.4, -0.2) is 27.7 Å². The van der Waals surface area contributed by atoms with Gasteiger partial charge in [-0.3, -0.25) is 4.79 Å². The second kappa shape index (κ2) is 4.45. The number of Topliss-reactive ketones (excluding diaryl/α,β-unsaturated/α-hetero) is 1. The summed E-state index contributed by atoms with van der Waals surface area (Å²) in [5.41, 5.74) is 0.968. The van der Waals surface area contributed by atoms with Crippen molar-refractivity contribution in [2.75, 3.05) is 6.61 Å². The molecule has 1 heterocycles. The van der Waals surface area contributed by atoms with Gasteiger partial charge in [-0.15, -0.1) is 0 Å². The van der Waals surface area contributed by atoms with E-state index in [1.165, 1.54) is 30.3 Å². The van der Waals surface area contributed by atoms with Gasteiger partial charge in [0, 0.05) is 6.07 Å². The molecule has 20 heavy (non-hydrogen) atoms. The standard InChI is InChI=1S/C15H12O5/c16-9-2-3-10-14(6-9)20-7-11(15(10)19)8-1-4-12(17)13(18)5-8/h1-6,11,16-18H,7H2. The Morgan fingerprint density at radius 3 is 2.55 bits per heavy atom. The molecule has 0 saturated heterocycles. The molecule has 1 atom stereocenters. The molecule has 3 rings (SSSR count). The second-order valence-electron chi connectivity index (χ2n) is 4.66. The van der Waals surface area contributed by atoms with Crippen molar-refractivity contribution < 1.29 is 24.9 Å². The molecule has 102 valence electrons. The smallest absolute Gasteiger partial charge is 0.177 e. The molecule has 0 bridgehead atoms. The number of ketones is 1. The molecule has 0 amide bonds. The number of phenolic OH excluding ortho intramolecular Hbond substituents is 3. The molecule has 0 spiro atoms. The average Bonchev–Trinajstić information content (AvgIpc) is 2.42. The Hall–Kier alpha value is -2.69. The van der Waals surface area contributed by atoms with Gasteiger partial charge in [0.1, 0.15) is 18.1 Å². The summed E-state index contributed by atoms with van der Waals surface area (Å²) in [6.45, 7) is 0.125. The summed E-state index contributed by atoms with van der Waals surface area (Å²) in [5, 5.41) is 28.2. The monoisotopic (exact) mass is 272 g/mol. The lowest BCUT2D eigenvalue weighted by atomic mass is 9.89. The van der Waals surface area contributed by atoms with Crippen molar-refractivity contribution in [1.82, 2.24) is 0 Å². The van der Waals surface area contributed by atoms with E-state index in [0.717, 1.165) is 0 Å². The van der Waals surface area contributed by atoms with Gasteiger partial charge in [0.15, 0.2) is 17.3 Å². The molecule has 2 aromatic carbocycles. The highest BCUT2D eigenvalue weighted by Crippen LogP contribution is 2.36. The first kappa shape index (κ1) is 12.3. The van der Waals surface area contributed by atoms with E-state index in [1.54, 1.807) is 6.07 Å². The van der Waals surface area contributed by atoms with Crippen LogP contribution in [0.25, 0.3) is 0 Å². The Balaban J connectivity index is 1.99. The molecule has 0 aromatic heterocycles. The van der Waals surface area contributed by atoms with Crippen LogP contribution in [0.1, 0.15) is 21.8 Å². The van der Waals surface area contributed by atoms with Crippen molar-refractivity contribution in [2.24, 2.45) is 0 Å². The highest BCUT2D eigenvalue weighted by Gasteiger charge is 2.30. The number of carbonyl (C=O) groups excluding carboxylic acids is 1. The highest BCUT2D eigenvalue weighted by atomic mass is 16.5. The molecule has 0 radical (unpaired) electrons. The lowest BCUT2D eigenvalue weighted by molar-refractivity contribution is 0.0896. The van der Waals surface area contributed by atoms with E-state index in [0.29, 0.717) is 16.9 Å². The maximum Gasteiger partial charge on any atom is 0.177 e. The van der Waals surface area contributed by atoms with Gasteiger partial charge in [-0.05, 0) is 29.8 Å². The molecule has 1 aliphatic rings. The molecule has 1 aliphatic heterocycles. The Morgan fingerprint density at radius 2 is 1.80 bits per heavy atom. The van der Waals surface area contributed by atoms with Gasteiger partial charge in [0.25, 0.3) is 0 Å². The Bertz CT molecular complexity index is 693. The Kier molecular flexibility index (Phi) is 2.75. The fourth-order valence-corrected chi connectivity index (χ4v) is 2.28. The van der Waals surface area contributed by atoms with Crippen LogP contribution in [0.3, 0.4) is 0 Å². The zero-order valence-corrected chi connectivity index (χ0v) is 10.4. The third kappa shape index (κ3) is 1.93. The van der Waals surface area contributed by atoms with Gasteiger partial charge in [-0.1, -0.05) is 6.07 Å². The maximum atomic E-state index is 12.4. The summed E-state index contributed by atoms with van der Waals surface area (Å²) >= 11 is 0. The summed E-state index contributed by atoms with van der Waals surface area (Å²) in [6.07, 6.45) is 0. The van der Waals surface area contributed by atoms with E-state index in [-0.39, 0.29) is 29.6 Å². The zero-order valence-electron chi connectivity index (χ0n) is 10.4.